The number of halogens is 2. The van der Waals surface area contributed by atoms with Gasteiger partial charge in [0, 0.05) is 12.3 Å². The molecule has 0 bridgehead atoms. The van der Waals surface area contributed by atoms with E-state index in [0.29, 0.717) is 12.3 Å². The van der Waals surface area contributed by atoms with Crippen molar-refractivity contribution in [2.24, 2.45) is 0 Å². The fourth-order valence-electron chi connectivity index (χ4n) is 2.49. The van der Waals surface area contributed by atoms with Gasteiger partial charge in [-0.1, -0.05) is 0 Å². The molecular formula is C10H15F2N2O15P3. The van der Waals surface area contributed by atoms with E-state index in [2.05, 4.69) is 17.9 Å². The van der Waals surface area contributed by atoms with Crippen molar-refractivity contribution in [3.05, 3.63) is 33.1 Å². The van der Waals surface area contributed by atoms with Crippen molar-refractivity contribution in [3.63, 3.8) is 0 Å². The number of aliphatic hydroxyl groups is 2. The fraction of sp³-hybridized carbons (Fsp3) is 0.600. The Labute approximate surface area is 174 Å². The molecule has 22 heteroatoms. The molecule has 7 N–H and O–H groups in total. The van der Waals surface area contributed by atoms with Crippen LogP contribution < -0.4 is 11.2 Å². The van der Waals surface area contributed by atoms with Crippen molar-refractivity contribution in [2.75, 3.05) is 13.3 Å². The lowest BCUT2D eigenvalue weighted by atomic mass is 9.94. The second-order valence-corrected chi connectivity index (χ2v) is 10.6. The van der Waals surface area contributed by atoms with E-state index in [4.69, 9.17) is 14.7 Å². The highest BCUT2D eigenvalue weighted by molar-refractivity contribution is 7.66. The summed E-state index contributed by atoms with van der Waals surface area (Å²) in [4.78, 5) is 59.9. The molecule has 0 saturated carbocycles. The highest BCUT2D eigenvalue weighted by atomic mass is 31.3. The van der Waals surface area contributed by atoms with E-state index in [1.807, 2.05) is 0 Å². The summed E-state index contributed by atoms with van der Waals surface area (Å²) >= 11 is 0. The quantitative estimate of drug-likeness (QED) is 0.171. The number of aromatic nitrogens is 2. The minimum atomic E-state index is -5.95. The van der Waals surface area contributed by atoms with Crippen molar-refractivity contribution in [1.29, 1.82) is 0 Å². The lowest BCUT2D eigenvalue weighted by Gasteiger charge is -2.28. The molecular weight excluding hydrogens is 519 g/mol. The van der Waals surface area contributed by atoms with Crippen LogP contribution in [0.4, 0.5) is 8.78 Å². The summed E-state index contributed by atoms with van der Waals surface area (Å²) in [6, 6.07) is 0.695. The Bertz CT molecular complexity index is 1120. The fourth-order valence-corrected chi connectivity index (χ4v) is 5.53. The number of phosphoric ester groups is 1. The van der Waals surface area contributed by atoms with Gasteiger partial charge in [0.25, 0.3) is 11.4 Å². The molecule has 0 amide bonds. The van der Waals surface area contributed by atoms with Gasteiger partial charge < -0.3 is 34.5 Å². The second-order valence-electron chi connectivity index (χ2n) is 6.17. The molecule has 3 unspecified atom stereocenters. The summed E-state index contributed by atoms with van der Waals surface area (Å²) in [7, 11) is -17.5. The molecule has 1 aromatic heterocycles. The third-order valence-electron chi connectivity index (χ3n) is 3.78. The number of rotatable bonds is 9. The van der Waals surface area contributed by atoms with E-state index in [-0.39, 0.29) is 4.57 Å². The maximum absolute atomic E-state index is 15.1. The van der Waals surface area contributed by atoms with Crippen LogP contribution in [0.2, 0.25) is 0 Å². The van der Waals surface area contributed by atoms with E-state index in [0.717, 1.165) is 0 Å². The van der Waals surface area contributed by atoms with Crippen LogP contribution in [0.25, 0.3) is 0 Å². The molecule has 0 spiro atoms. The Balaban J connectivity index is 2.27. The van der Waals surface area contributed by atoms with Gasteiger partial charge in [0.15, 0.2) is 17.9 Å². The average Bonchev–Trinajstić information content (AvgIpc) is 2.80. The van der Waals surface area contributed by atoms with Crippen LogP contribution in [0, 0.1) is 0 Å². The van der Waals surface area contributed by atoms with Crippen molar-refractivity contribution in [2.45, 2.75) is 23.8 Å². The predicted molar refractivity (Wildman–Crippen MR) is 92.0 cm³/mol. The van der Waals surface area contributed by atoms with Gasteiger partial charge >= 0.3 is 29.2 Å². The molecule has 1 aromatic rings. The number of hydrogen-bond donors (Lipinski definition) is 7. The first kappa shape index (κ1) is 27.1. The van der Waals surface area contributed by atoms with Gasteiger partial charge in [-0.25, -0.2) is 27.3 Å². The number of alkyl halides is 2. The number of hydrogen-bond acceptors (Lipinski definition) is 11. The Morgan fingerprint density at radius 3 is 2.25 bits per heavy atom. The maximum Gasteiger partial charge on any atom is 0.490 e. The molecule has 17 nitrogen and oxygen atoms in total. The molecule has 1 saturated heterocycles. The van der Waals surface area contributed by atoms with Gasteiger partial charge in [-0.2, -0.15) is 8.62 Å². The molecule has 6 atom stereocenters. The normalized spacial score (nSPS) is 32.4. The first-order chi connectivity index (χ1) is 14.3. The monoisotopic (exact) mass is 534 g/mol. The lowest BCUT2D eigenvalue weighted by Crippen LogP contribution is -2.53. The number of aliphatic hydroxyl groups excluding tert-OH is 1. The van der Waals surface area contributed by atoms with Gasteiger partial charge in [0.1, 0.15) is 13.3 Å². The maximum atomic E-state index is 15.1. The largest absolute Gasteiger partial charge is 0.490 e. The third kappa shape index (κ3) is 6.03. The first-order valence-electron chi connectivity index (χ1n) is 7.77. The molecule has 0 radical (unpaired) electrons. The molecule has 2 rings (SSSR count). The van der Waals surface area contributed by atoms with E-state index >= 15 is 4.39 Å². The topological polar surface area (TPSA) is 264 Å². The summed E-state index contributed by atoms with van der Waals surface area (Å²) in [6.45, 7) is -3.87. The summed E-state index contributed by atoms with van der Waals surface area (Å²) in [5, 5.41) is 20.3. The number of ether oxygens (including phenoxy) is 1. The minimum absolute atomic E-state index is 0.274. The second kappa shape index (κ2) is 8.88. The zero-order valence-corrected chi connectivity index (χ0v) is 17.8. The molecule has 184 valence electrons. The van der Waals surface area contributed by atoms with Crippen molar-refractivity contribution in [1.82, 2.24) is 9.55 Å². The first-order valence-corrected chi connectivity index (χ1v) is 12.3. The molecule has 1 aliphatic rings. The van der Waals surface area contributed by atoms with Crippen LogP contribution in [-0.2, 0) is 31.6 Å². The Kier molecular flexibility index (Phi) is 7.52. The standard InChI is InChI=1S/C10H15F2N2O15P3/c11-3-9(18)6(16)10(12,27-7(9)14-2-1-5(15)13-8(14)17)4-26-31(22,23)29-32(24,25)28-30(19,20)21/h1-2,6-7,16,18H,3-4H2,(H,22,23)(H,24,25)(H,13,15,17)(H2,19,20,21)/t6-,7?,9+,10+/m0/s1. The number of nitrogens with one attached hydrogen (secondary N) is 1. The van der Waals surface area contributed by atoms with Gasteiger partial charge in [0.2, 0.25) is 0 Å². The van der Waals surface area contributed by atoms with Crippen molar-refractivity contribution in [3.8, 4) is 0 Å². The SMILES string of the molecule is O=c1ccn(C2O[C@](F)(COP(=O)(O)OP(=O)(O)OP(=O)(O)O)[C@@H](O)[C@]2(O)CF)c(=O)[nH]1. The zero-order chi connectivity index (χ0) is 24.8. The molecule has 2 heterocycles. The Hall–Kier alpha value is -1.17. The number of nitrogens with zero attached hydrogens (tertiary/aromatic N) is 1. The van der Waals surface area contributed by atoms with E-state index in [9.17, 15) is 42.8 Å². The summed E-state index contributed by atoms with van der Waals surface area (Å²) in [5.41, 5.74) is -5.48. The predicted octanol–water partition coefficient (Wildman–Crippen LogP) is -1.86. The Morgan fingerprint density at radius 1 is 1.16 bits per heavy atom. The van der Waals surface area contributed by atoms with Crippen LogP contribution in [0.5, 0.6) is 0 Å². The van der Waals surface area contributed by atoms with Crippen LogP contribution in [0.1, 0.15) is 6.23 Å². The smallest absolute Gasteiger partial charge is 0.384 e. The molecule has 0 aliphatic carbocycles. The molecule has 1 fully saturated rings. The minimum Gasteiger partial charge on any atom is -0.384 e. The van der Waals surface area contributed by atoms with Crippen molar-refractivity contribution >= 4 is 23.5 Å². The lowest BCUT2D eigenvalue weighted by molar-refractivity contribution is -0.205. The van der Waals surface area contributed by atoms with Crippen LogP contribution >= 0.6 is 23.5 Å². The van der Waals surface area contributed by atoms with Gasteiger partial charge in [-0.15, -0.1) is 0 Å². The highest BCUT2D eigenvalue weighted by Gasteiger charge is 2.66. The van der Waals surface area contributed by atoms with Crippen LogP contribution in [-0.4, -0.2) is 70.2 Å². The van der Waals surface area contributed by atoms with Gasteiger partial charge in [-0.3, -0.25) is 18.9 Å². The molecule has 1 aliphatic heterocycles. The van der Waals surface area contributed by atoms with E-state index in [1.165, 1.54) is 0 Å². The Morgan fingerprint density at radius 2 is 1.75 bits per heavy atom. The third-order valence-corrected chi connectivity index (χ3v) is 7.56. The molecule has 0 aromatic carbocycles. The van der Waals surface area contributed by atoms with Crippen LogP contribution in [0.3, 0.4) is 0 Å². The van der Waals surface area contributed by atoms with E-state index < -0.39 is 71.8 Å². The average molecular weight is 534 g/mol. The number of aromatic amines is 1. The summed E-state index contributed by atoms with van der Waals surface area (Å²) in [6.07, 6.45) is -4.63. The highest BCUT2D eigenvalue weighted by Crippen LogP contribution is 2.66. The number of H-pyrrole nitrogens is 1. The van der Waals surface area contributed by atoms with Gasteiger partial charge in [0.05, 0.1) is 0 Å². The van der Waals surface area contributed by atoms with Gasteiger partial charge in [-0.05, 0) is 0 Å². The zero-order valence-electron chi connectivity index (χ0n) is 15.1. The summed E-state index contributed by atoms with van der Waals surface area (Å²) in [5.74, 6) is -3.77. The molecule has 32 heavy (non-hydrogen) atoms. The van der Waals surface area contributed by atoms with Crippen molar-refractivity contribution < 1.29 is 70.1 Å². The van der Waals surface area contributed by atoms with E-state index in [1.54, 1.807) is 4.98 Å². The summed E-state index contributed by atoms with van der Waals surface area (Å²) < 4.78 is 77.8. The number of phosphoric acid groups is 3. The van der Waals surface area contributed by atoms with Crippen LogP contribution in [0.15, 0.2) is 21.9 Å².